The maximum atomic E-state index is 15.4. The first-order chi connectivity index (χ1) is 44.3. The van der Waals surface area contributed by atoms with E-state index in [-0.39, 0.29) is 102 Å². The van der Waals surface area contributed by atoms with Crippen molar-refractivity contribution < 1.29 is 67.0 Å². The molecule has 25 heteroatoms. The van der Waals surface area contributed by atoms with Gasteiger partial charge >= 0.3 is 0 Å². The number of nitrogens with one attached hydrogen (secondary N) is 4. The van der Waals surface area contributed by atoms with Crippen LogP contribution in [0.25, 0.3) is 0 Å². The first-order valence-corrected chi connectivity index (χ1v) is 33.1. The van der Waals surface area contributed by atoms with E-state index in [4.69, 9.17) is 14.2 Å². The summed E-state index contributed by atoms with van der Waals surface area (Å²) < 4.78 is 18.2. The van der Waals surface area contributed by atoms with Crippen LogP contribution in [-0.4, -0.2) is 254 Å². The third-order valence-corrected chi connectivity index (χ3v) is 16.6. The molecule has 2 fully saturated rings. The summed E-state index contributed by atoms with van der Waals surface area (Å²) in [4.78, 5) is 171. The smallest absolute Gasteiger partial charge is 0.248 e. The number of carbonyl (C=O) groups is 11. The van der Waals surface area contributed by atoms with Crippen molar-refractivity contribution in [3.05, 3.63) is 73.9 Å². The van der Waals surface area contributed by atoms with Gasteiger partial charge in [0.25, 0.3) is 0 Å². The molecule has 2 saturated heterocycles. The van der Waals surface area contributed by atoms with Gasteiger partial charge in [0.1, 0.15) is 48.3 Å². The standard InChI is InChI=1S/C70H115N11O14/c1-23-28-49(25-3)37-56-65(88)74-61(47(11)12)69(92)80(22)55(36-46(9)10)64(87)72-51-42-93-41-48(13)94-33-27-32-81(67(51)90)40-60(84)77(19)57(38-50(26-4)29-24-2)68(91)79(21)54(35-45(7)8)63(86)73-52(43-95-70(14,15)16)66(89)78(20)53(34-44(5)6)62(85)71-31-30-58(82)75(17)39-59(83)76(56)18/h23-26,28-29,44-48,51-57,61H,1-4,27,30-43H2,5-22H3,(H,71,85)(H,72,87)(H,73,86)(H,74,88)/b49-28+,50-29+. The Hall–Kier alpha value is -7.51. The lowest BCUT2D eigenvalue weighted by Gasteiger charge is -2.37. The van der Waals surface area contributed by atoms with Crippen LogP contribution >= 0.6 is 0 Å². The highest BCUT2D eigenvalue weighted by molar-refractivity contribution is 5.98. The quantitative estimate of drug-likeness (QED) is 0.149. The third-order valence-electron chi connectivity index (χ3n) is 16.6. The minimum Gasteiger partial charge on any atom is -0.376 e. The minimum atomic E-state index is -1.43. The molecule has 2 heterocycles. The third kappa shape index (κ3) is 26.9. The van der Waals surface area contributed by atoms with Crippen LogP contribution in [0.4, 0.5) is 0 Å². The molecule has 95 heavy (non-hydrogen) atoms. The van der Waals surface area contributed by atoms with Crippen molar-refractivity contribution in [2.45, 2.75) is 188 Å². The second-order valence-electron chi connectivity index (χ2n) is 27.5. The summed E-state index contributed by atoms with van der Waals surface area (Å²) in [6.07, 6.45) is 8.90. The molecule has 0 aromatic heterocycles. The van der Waals surface area contributed by atoms with Crippen molar-refractivity contribution in [3.63, 3.8) is 0 Å². The molecule has 0 aromatic rings. The number of rotatable bonds is 17. The van der Waals surface area contributed by atoms with Crippen LogP contribution < -0.4 is 21.3 Å². The Bertz CT molecular complexity index is 2760. The maximum Gasteiger partial charge on any atom is 0.248 e. The van der Waals surface area contributed by atoms with Crippen LogP contribution in [-0.2, 0) is 67.0 Å². The fraction of sp³-hybridized carbons (Fsp3) is 0.671. The number of carbonyl (C=O) groups excluding carboxylic acids is 11. The Morgan fingerprint density at radius 1 is 0.568 bits per heavy atom. The summed E-state index contributed by atoms with van der Waals surface area (Å²) in [5.74, 6) is -8.59. The zero-order chi connectivity index (χ0) is 72.4. The van der Waals surface area contributed by atoms with Gasteiger partial charge < -0.3 is 69.8 Å². The Balaban J connectivity index is 3.07. The van der Waals surface area contributed by atoms with E-state index in [9.17, 15) is 33.6 Å². The summed E-state index contributed by atoms with van der Waals surface area (Å²) in [7, 11) is 8.48. The second-order valence-corrected chi connectivity index (χ2v) is 27.5. The molecule has 0 radical (unpaired) electrons. The fourth-order valence-corrected chi connectivity index (χ4v) is 10.8. The molecule has 11 amide bonds. The molecule has 2 bridgehead atoms. The molecular formula is C70H115N11O14. The zero-order valence-electron chi connectivity index (χ0n) is 60.3. The summed E-state index contributed by atoms with van der Waals surface area (Å²) >= 11 is 0. The van der Waals surface area contributed by atoms with Gasteiger partial charge in [-0.3, -0.25) is 52.7 Å². The molecule has 0 aliphatic carbocycles. The summed E-state index contributed by atoms with van der Waals surface area (Å²) in [6.45, 7) is 35.2. The van der Waals surface area contributed by atoms with Crippen LogP contribution in [0, 0.1) is 23.7 Å². The number of nitrogens with zero attached hydrogens (tertiary/aromatic N) is 7. The SMILES string of the molecule is C=C/C=C(\C=C)CC1C(=O)NC(C(C)C)C(=O)N(C)C(CC(C)C)C(=O)NC2COCC(C)OCCCN(CC(=O)N(C)C(C/C(C=C)=C/C=C)C(=O)N(C)C(CC(C)C)C(=O)NC(COC(C)(C)C)C(=O)N(C)C(CC(C)C)C(=O)NCCC(=O)N(C)CC(=O)N1C)C2=O. The highest BCUT2D eigenvalue weighted by Crippen LogP contribution is 2.23. The van der Waals surface area contributed by atoms with Gasteiger partial charge in [-0.25, -0.2) is 0 Å². The van der Waals surface area contributed by atoms with Crippen molar-refractivity contribution in [3.8, 4) is 0 Å². The molecule has 0 spiro atoms. The van der Waals surface area contributed by atoms with Crippen LogP contribution in [0.2, 0.25) is 0 Å². The molecule has 2 rings (SSSR count). The lowest BCUT2D eigenvalue weighted by molar-refractivity contribution is -0.151. The molecule has 2 aliphatic heterocycles. The molecule has 0 aromatic carbocycles. The largest absolute Gasteiger partial charge is 0.376 e. The van der Waals surface area contributed by atoms with Gasteiger partial charge in [0.05, 0.1) is 44.6 Å². The van der Waals surface area contributed by atoms with E-state index < -0.39 is 144 Å². The van der Waals surface area contributed by atoms with Gasteiger partial charge in [-0.2, -0.15) is 0 Å². The first-order valence-electron chi connectivity index (χ1n) is 33.1. The average molecular weight is 1330 g/mol. The van der Waals surface area contributed by atoms with Crippen molar-refractivity contribution >= 4 is 65.0 Å². The second kappa shape index (κ2) is 40.1. The van der Waals surface area contributed by atoms with Crippen molar-refractivity contribution in [2.24, 2.45) is 23.7 Å². The van der Waals surface area contributed by atoms with Gasteiger partial charge in [-0.05, 0) is 88.2 Å². The Morgan fingerprint density at radius 3 is 1.55 bits per heavy atom. The lowest BCUT2D eigenvalue weighted by atomic mass is 9.97. The van der Waals surface area contributed by atoms with Crippen LogP contribution in [0.15, 0.2) is 73.9 Å². The number of ether oxygens (including phenoxy) is 3. The molecule has 9 atom stereocenters. The Kier molecular flexibility index (Phi) is 35.3. The first kappa shape index (κ1) is 83.6. The van der Waals surface area contributed by atoms with Gasteiger partial charge in [-0.15, -0.1) is 0 Å². The van der Waals surface area contributed by atoms with Crippen LogP contribution in [0.1, 0.15) is 128 Å². The minimum absolute atomic E-state index is 0.0341. The summed E-state index contributed by atoms with van der Waals surface area (Å²) in [6, 6.07) is -10.3. The number of likely N-dealkylation sites (N-methyl/N-ethyl adjacent to an activating group) is 6. The van der Waals surface area contributed by atoms with Crippen molar-refractivity contribution in [2.75, 3.05) is 94.9 Å². The maximum absolute atomic E-state index is 15.4. The Morgan fingerprint density at radius 2 is 1.04 bits per heavy atom. The highest BCUT2D eigenvalue weighted by Gasteiger charge is 2.42. The fourth-order valence-electron chi connectivity index (χ4n) is 10.8. The van der Waals surface area contributed by atoms with Crippen LogP contribution in [0.5, 0.6) is 0 Å². The van der Waals surface area contributed by atoms with E-state index in [1.165, 1.54) is 96.0 Å². The van der Waals surface area contributed by atoms with E-state index in [2.05, 4.69) is 47.6 Å². The molecule has 4 N–H and O–H groups in total. The van der Waals surface area contributed by atoms with Gasteiger partial charge in [0, 0.05) is 81.2 Å². The monoisotopic (exact) mass is 1330 g/mol. The number of allylic oxidation sites excluding steroid dienone is 6. The molecule has 25 nitrogen and oxygen atoms in total. The van der Waals surface area contributed by atoms with E-state index in [1.807, 2.05) is 41.5 Å². The molecule has 2 aliphatic rings. The molecule has 534 valence electrons. The lowest BCUT2D eigenvalue weighted by Crippen LogP contribution is -2.61. The van der Waals surface area contributed by atoms with Gasteiger partial charge in [0.2, 0.25) is 65.0 Å². The predicted molar refractivity (Wildman–Crippen MR) is 366 cm³/mol. The van der Waals surface area contributed by atoms with E-state index in [0.29, 0.717) is 11.1 Å². The number of hydrogen-bond donors (Lipinski definition) is 4. The van der Waals surface area contributed by atoms with Crippen LogP contribution in [0.3, 0.4) is 0 Å². The summed E-state index contributed by atoms with van der Waals surface area (Å²) in [5.41, 5.74) is 0.203. The van der Waals surface area contributed by atoms with Gasteiger partial charge in [0.15, 0.2) is 0 Å². The van der Waals surface area contributed by atoms with E-state index >= 15 is 19.2 Å². The topological polar surface area (TPSA) is 286 Å². The molecular weight excluding hydrogens is 1220 g/mol. The molecule has 0 saturated carbocycles. The highest BCUT2D eigenvalue weighted by atomic mass is 16.5. The van der Waals surface area contributed by atoms with Gasteiger partial charge in [-0.1, -0.05) is 118 Å². The number of fused-ring (bicyclic) bond motifs is 2. The van der Waals surface area contributed by atoms with E-state index in [1.54, 1.807) is 53.7 Å². The predicted octanol–water partition coefficient (Wildman–Crippen LogP) is 4.19. The molecule has 9 unspecified atom stereocenters. The van der Waals surface area contributed by atoms with Crippen molar-refractivity contribution in [1.29, 1.82) is 0 Å². The average Bonchev–Trinajstić information content (AvgIpc) is 0.953. The number of amides is 11. The van der Waals surface area contributed by atoms with E-state index in [0.717, 1.165) is 4.90 Å². The normalized spacial score (nSPS) is 25.3. The Labute approximate surface area is 565 Å². The summed E-state index contributed by atoms with van der Waals surface area (Å²) in [5, 5.41) is 11.3. The van der Waals surface area contributed by atoms with Crippen molar-refractivity contribution in [1.82, 2.24) is 55.6 Å². The zero-order valence-corrected chi connectivity index (χ0v) is 60.3. The number of hydrogen-bond acceptors (Lipinski definition) is 14.